The SMILES string of the molecule is NC(COc1cccc2cccnc12)=NOC(=O)C(Cl)Cl. The lowest BCUT2D eigenvalue weighted by Gasteiger charge is -2.07. The van der Waals surface area contributed by atoms with Gasteiger partial charge in [-0.1, -0.05) is 46.6 Å². The molecular weight excluding hydrogens is 317 g/mol. The number of pyridine rings is 1. The fourth-order valence-corrected chi connectivity index (χ4v) is 1.59. The van der Waals surface area contributed by atoms with E-state index in [1.54, 1.807) is 12.3 Å². The first-order valence-electron chi connectivity index (χ1n) is 5.86. The number of halogens is 2. The summed E-state index contributed by atoms with van der Waals surface area (Å²) in [5.74, 6) is -0.400. The number of hydrogen-bond acceptors (Lipinski definition) is 5. The van der Waals surface area contributed by atoms with Crippen LogP contribution in [0.15, 0.2) is 41.7 Å². The summed E-state index contributed by atoms with van der Waals surface area (Å²) in [5, 5.41) is 4.31. The van der Waals surface area contributed by atoms with Crippen LogP contribution in [0.5, 0.6) is 5.75 Å². The molecule has 0 saturated heterocycles. The number of alkyl halides is 2. The fourth-order valence-electron chi connectivity index (χ4n) is 1.51. The Hall–Kier alpha value is -2.05. The number of amidine groups is 1. The van der Waals surface area contributed by atoms with Crippen molar-refractivity contribution >= 4 is 45.9 Å². The maximum atomic E-state index is 11.0. The van der Waals surface area contributed by atoms with E-state index in [0.717, 1.165) is 5.39 Å². The van der Waals surface area contributed by atoms with Gasteiger partial charge in [0.2, 0.25) is 4.84 Å². The first-order valence-corrected chi connectivity index (χ1v) is 6.73. The second-order valence-electron chi connectivity index (χ2n) is 3.91. The minimum absolute atomic E-state index is 0.0368. The molecule has 0 amide bonds. The van der Waals surface area contributed by atoms with Crippen LogP contribution in [-0.4, -0.2) is 28.2 Å². The third kappa shape index (κ3) is 4.21. The molecule has 0 saturated carbocycles. The van der Waals surface area contributed by atoms with Gasteiger partial charge in [-0.05, 0) is 12.1 Å². The highest BCUT2D eigenvalue weighted by Crippen LogP contribution is 2.22. The van der Waals surface area contributed by atoms with Crippen LogP contribution in [0.4, 0.5) is 0 Å². The molecule has 0 aliphatic rings. The lowest BCUT2D eigenvalue weighted by atomic mass is 10.2. The van der Waals surface area contributed by atoms with Crippen molar-refractivity contribution in [3.05, 3.63) is 36.5 Å². The smallest absolute Gasteiger partial charge is 0.367 e. The average molecular weight is 328 g/mol. The summed E-state index contributed by atoms with van der Waals surface area (Å²) in [7, 11) is 0. The third-order valence-corrected chi connectivity index (χ3v) is 2.76. The Morgan fingerprint density at radius 1 is 1.33 bits per heavy atom. The van der Waals surface area contributed by atoms with E-state index in [4.69, 9.17) is 33.7 Å². The Kier molecular flexibility index (Phi) is 5.19. The number of aromatic nitrogens is 1. The topological polar surface area (TPSA) is 86.8 Å². The molecule has 21 heavy (non-hydrogen) atoms. The molecular formula is C13H11Cl2N3O3. The van der Waals surface area contributed by atoms with Crippen LogP contribution in [0.2, 0.25) is 0 Å². The molecule has 2 rings (SSSR count). The number of carbonyl (C=O) groups excluding carboxylic acids is 1. The Labute approximate surface area is 130 Å². The van der Waals surface area contributed by atoms with E-state index in [-0.39, 0.29) is 12.4 Å². The van der Waals surface area contributed by atoms with Crippen molar-refractivity contribution in [3.63, 3.8) is 0 Å². The second kappa shape index (κ2) is 7.10. The number of nitrogens with two attached hydrogens (primary N) is 1. The largest absolute Gasteiger partial charge is 0.483 e. The van der Waals surface area contributed by atoms with Gasteiger partial charge in [-0.15, -0.1) is 0 Å². The number of ether oxygens (including phenoxy) is 1. The standard InChI is InChI=1S/C13H11Cl2N3O3/c14-12(15)13(19)21-18-10(16)7-20-9-5-1-3-8-4-2-6-17-11(8)9/h1-6,12H,7H2,(H2,16,18). The normalized spacial score (nSPS) is 11.7. The molecule has 2 N–H and O–H groups in total. The average Bonchev–Trinajstić information content (AvgIpc) is 2.50. The molecule has 0 spiro atoms. The highest BCUT2D eigenvalue weighted by molar-refractivity contribution is 6.52. The molecule has 2 aromatic rings. The zero-order valence-electron chi connectivity index (χ0n) is 10.7. The molecule has 1 aromatic heterocycles. The van der Waals surface area contributed by atoms with Gasteiger partial charge in [-0.2, -0.15) is 0 Å². The number of oxime groups is 1. The highest BCUT2D eigenvalue weighted by Gasteiger charge is 2.13. The Bertz CT molecular complexity index is 671. The number of benzene rings is 1. The lowest BCUT2D eigenvalue weighted by Crippen LogP contribution is -2.23. The molecule has 0 aliphatic heterocycles. The molecule has 1 heterocycles. The van der Waals surface area contributed by atoms with Crippen molar-refractivity contribution in [2.24, 2.45) is 10.9 Å². The van der Waals surface area contributed by atoms with Crippen LogP contribution < -0.4 is 10.5 Å². The predicted molar refractivity (Wildman–Crippen MR) is 80.4 cm³/mol. The summed E-state index contributed by atoms with van der Waals surface area (Å²) in [5.41, 5.74) is 6.26. The quantitative estimate of drug-likeness (QED) is 0.299. The van der Waals surface area contributed by atoms with Crippen LogP contribution in [0.25, 0.3) is 10.9 Å². The molecule has 0 unspecified atom stereocenters. The fraction of sp³-hybridized carbons (Fsp3) is 0.154. The van der Waals surface area contributed by atoms with Crippen molar-refractivity contribution in [1.29, 1.82) is 0 Å². The van der Waals surface area contributed by atoms with Gasteiger partial charge in [0.05, 0.1) is 0 Å². The van der Waals surface area contributed by atoms with Gasteiger partial charge in [-0.25, -0.2) is 4.79 Å². The maximum absolute atomic E-state index is 11.0. The summed E-state index contributed by atoms with van der Waals surface area (Å²) in [4.78, 5) is 18.3. The third-order valence-electron chi connectivity index (χ3n) is 2.40. The van der Waals surface area contributed by atoms with E-state index in [0.29, 0.717) is 11.3 Å². The van der Waals surface area contributed by atoms with Crippen LogP contribution >= 0.6 is 23.2 Å². The summed E-state index contributed by atoms with van der Waals surface area (Å²) >= 11 is 10.6. The first kappa shape index (κ1) is 15.3. The number of rotatable bonds is 5. The van der Waals surface area contributed by atoms with Crippen molar-refractivity contribution in [3.8, 4) is 5.75 Å². The van der Waals surface area contributed by atoms with E-state index >= 15 is 0 Å². The zero-order valence-corrected chi connectivity index (χ0v) is 12.2. The molecule has 0 bridgehead atoms. The molecule has 0 radical (unpaired) electrons. The summed E-state index contributed by atoms with van der Waals surface area (Å²) in [6.45, 7) is -0.0712. The zero-order chi connectivity index (χ0) is 15.2. The van der Waals surface area contributed by atoms with Gasteiger partial charge in [-0.3, -0.25) is 4.98 Å². The van der Waals surface area contributed by atoms with Crippen molar-refractivity contribution < 1.29 is 14.4 Å². The van der Waals surface area contributed by atoms with Gasteiger partial charge in [0, 0.05) is 11.6 Å². The molecule has 6 nitrogen and oxygen atoms in total. The van der Waals surface area contributed by atoms with Crippen LogP contribution in [0.1, 0.15) is 0 Å². The number of fused-ring (bicyclic) bond motifs is 1. The summed E-state index contributed by atoms with van der Waals surface area (Å²) in [6, 6.07) is 9.24. The van der Waals surface area contributed by atoms with E-state index in [9.17, 15) is 4.79 Å². The molecule has 8 heteroatoms. The van der Waals surface area contributed by atoms with E-state index < -0.39 is 10.8 Å². The number of carbonyl (C=O) groups is 1. The van der Waals surface area contributed by atoms with Gasteiger partial charge < -0.3 is 15.3 Å². The lowest BCUT2D eigenvalue weighted by molar-refractivity contribution is -0.141. The number of hydrogen-bond donors (Lipinski definition) is 1. The van der Waals surface area contributed by atoms with E-state index in [1.165, 1.54) is 0 Å². The Morgan fingerprint density at radius 3 is 2.86 bits per heavy atom. The number of para-hydroxylation sites is 1. The highest BCUT2D eigenvalue weighted by atomic mass is 35.5. The minimum atomic E-state index is -1.32. The van der Waals surface area contributed by atoms with Gasteiger partial charge in [0.15, 0.2) is 5.84 Å². The summed E-state index contributed by atoms with van der Waals surface area (Å²) < 4.78 is 5.50. The first-order chi connectivity index (χ1) is 10.1. The maximum Gasteiger partial charge on any atom is 0.367 e. The van der Waals surface area contributed by atoms with E-state index in [2.05, 4.69) is 15.0 Å². The van der Waals surface area contributed by atoms with E-state index in [1.807, 2.05) is 24.3 Å². The number of nitrogens with zero attached hydrogens (tertiary/aromatic N) is 2. The van der Waals surface area contributed by atoms with Crippen LogP contribution in [0, 0.1) is 0 Å². The molecule has 110 valence electrons. The van der Waals surface area contributed by atoms with Gasteiger partial charge in [0.25, 0.3) is 0 Å². The molecule has 0 atom stereocenters. The van der Waals surface area contributed by atoms with Crippen molar-refractivity contribution in [2.45, 2.75) is 4.84 Å². The summed E-state index contributed by atoms with van der Waals surface area (Å²) in [6.07, 6.45) is 1.66. The van der Waals surface area contributed by atoms with Gasteiger partial charge in [0.1, 0.15) is 17.9 Å². The Morgan fingerprint density at radius 2 is 2.10 bits per heavy atom. The van der Waals surface area contributed by atoms with Gasteiger partial charge >= 0.3 is 5.97 Å². The van der Waals surface area contributed by atoms with Crippen molar-refractivity contribution in [1.82, 2.24) is 4.98 Å². The Balaban J connectivity index is 2.01. The minimum Gasteiger partial charge on any atom is -0.483 e. The van der Waals surface area contributed by atoms with Crippen molar-refractivity contribution in [2.75, 3.05) is 6.61 Å². The molecule has 0 aliphatic carbocycles. The monoisotopic (exact) mass is 327 g/mol. The molecule has 0 fully saturated rings. The van der Waals surface area contributed by atoms with Crippen LogP contribution in [-0.2, 0) is 9.63 Å². The predicted octanol–water partition coefficient (Wildman–Crippen LogP) is 2.23. The second-order valence-corrected chi connectivity index (χ2v) is 5.01. The molecule has 1 aromatic carbocycles. The van der Waals surface area contributed by atoms with Crippen LogP contribution in [0.3, 0.4) is 0 Å².